The molecule has 1 aromatic rings. The number of rotatable bonds is 1. The molecule has 0 bridgehead atoms. The van der Waals surface area contributed by atoms with E-state index in [9.17, 15) is 4.79 Å². The molecule has 0 unspecified atom stereocenters. The van der Waals surface area contributed by atoms with Crippen molar-refractivity contribution in [3.05, 3.63) is 28.5 Å². The Balaban J connectivity index is 0.000001000. The number of hydrogen-bond donors (Lipinski definition) is 1. The minimum atomic E-state index is -1.01. The summed E-state index contributed by atoms with van der Waals surface area (Å²) in [5.74, 6) is -1.01. The molecule has 0 radical (unpaired) electrons. The van der Waals surface area contributed by atoms with Gasteiger partial charge < -0.3 is 5.11 Å². The fourth-order valence-corrected chi connectivity index (χ4v) is 0.737. The fourth-order valence-electron chi connectivity index (χ4n) is 0.502. The van der Waals surface area contributed by atoms with Crippen molar-refractivity contribution in [2.24, 2.45) is 0 Å². The molecule has 0 saturated carbocycles. The first kappa shape index (κ1) is 10.7. The topological polar surface area (TPSA) is 50.2 Å². The molecule has 54 valence electrons. The molecule has 0 amide bonds. The molecule has 0 aliphatic rings. The molecule has 0 aromatic carbocycles. The first-order valence-corrected chi connectivity index (χ1v) is 3.34. The van der Waals surface area contributed by atoms with Crippen molar-refractivity contribution in [2.75, 3.05) is 0 Å². The molecule has 3 nitrogen and oxygen atoms in total. The van der Waals surface area contributed by atoms with Crippen molar-refractivity contribution in [3.8, 4) is 0 Å². The van der Waals surface area contributed by atoms with E-state index in [-0.39, 0.29) is 24.6 Å². The molecular formula is C6H5BrLiNO2. The number of carboxylic acid groups (broad SMARTS) is 1. The van der Waals surface area contributed by atoms with Gasteiger partial charge in [0.2, 0.25) is 0 Å². The maximum atomic E-state index is 10.2. The second kappa shape index (κ2) is 4.55. The van der Waals surface area contributed by atoms with E-state index in [1.165, 1.54) is 12.3 Å². The van der Waals surface area contributed by atoms with E-state index in [0.29, 0.717) is 0 Å². The molecule has 1 aromatic heterocycles. The van der Waals surface area contributed by atoms with Gasteiger partial charge in [0.1, 0.15) is 5.69 Å². The third-order valence-electron chi connectivity index (χ3n) is 0.947. The number of carboxylic acids is 1. The number of aromatic nitrogens is 1. The molecule has 1 rings (SSSR count). The first-order valence-electron chi connectivity index (χ1n) is 2.55. The molecule has 5 heteroatoms. The summed E-state index contributed by atoms with van der Waals surface area (Å²) in [4.78, 5) is 13.9. The summed E-state index contributed by atoms with van der Waals surface area (Å²) in [6.45, 7) is 0. The Morgan fingerprint density at radius 3 is 2.55 bits per heavy atom. The van der Waals surface area contributed by atoms with Gasteiger partial charge in [0, 0.05) is 10.7 Å². The van der Waals surface area contributed by atoms with Crippen LogP contribution in [0.3, 0.4) is 0 Å². The van der Waals surface area contributed by atoms with E-state index >= 15 is 0 Å². The summed E-state index contributed by atoms with van der Waals surface area (Å²) in [7, 11) is 0. The molecule has 0 saturated heterocycles. The van der Waals surface area contributed by atoms with Crippen LogP contribution in [0.25, 0.3) is 0 Å². The summed E-state index contributed by atoms with van der Waals surface area (Å²) in [6, 6.07) is 3.07. The maximum absolute atomic E-state index is 10.2. The summed E-state index contributed by atoms with van der Waals surface area (Å²) in [6.07, 6.45) is 1.45. The third-order valence-corrected chi connectivity index (χ3v) is 1.42. The number of halogens is 1. The fraction of sp³-hybridized carbons (Fsp3) is 0. The monoisotopic (exact) mass is 209 g/mol. The van der Waals surface area contributed by atoms with E-state index in [4.69, 9.17) is 5.11 Å². The second-order valence-corrected chi connectivity index (χ2v) is 2.58. The van der Waals surface area contributed by atoms with Crippen LogP contribution in [-0.4, -0.2) is 34.9 Å². The second-order valence-electron chi connectivity index (χ2n) is 1.67. The Kier molecular flexibility index (Phi) is 4.42. The standard InChI is InChI=1S/C6H4BrNO2.Li.H/c7-4-1-2-5(6(9)10)8-3-4;;/h1-3H,(H,9,10);;. The molecule has 0 fully saturated rings. The van der Waals surface area contributed by atoms with Gasteiger partial charge in [-0.15, -0.1) is 0 Å². The van der Waals surface area contributed by atoms with E-state index in [2.05, 4.69) is 20.9 Å². The van der Waals surface area contributed by atoms with Crippen molar-refractivity contribution >= 4 is 40.8 Å². The third kappa shape index (κ3) is 3.06. The average molecular weight is 210 g/mol. The van der Waals surface area contributed by atoms with Crippen LogP contribution in [0.15, 0.2) is 22.8 Å². The molecule has 11 heavy (non-hydrogen) atoms. The van der Waals surface area contributed by atoms with E-state index in [1.54, 1.807) is 6.07 Å². The Morgan fingerprint density at radius 1 is 1.55 bits per heavy atom. The molecule has 0 spiro atoms. The van der Waals surface area contributed by atoms with Crippen LogP contribution in [0.5, 0.6) is 0 Å². The van der Waals surface area contributed by atoms with Crippen LogP contribution >= 0.6 is 15.9 Å². The van der Waals surface area contributed by atoms with E-state index in [0.717, 1.165) is 4.47 Å². The zero-order chi connectivity index (χ0) is 7.56. The predicted molar refractivity (Wildman–Crippen MR) is 46.0 cm³/mol. The number of pyridine rings is 1. The number of carbonyl (C=O) groups is 1. The Morgan fingerprint density at radius 2 is 2.18 bits per heavy atom. The quantitative estimate of drug-likeness (QED) is 0.700. The van der Waals surface area contributed by atoms with Gasteiger partial charge in [-0.3, -0.25) is 0 Å². The van der Waals surface area contributed by atoms with Gasteiger partial charge in [0.25, 0.3) is 0 Å². The van der Waals surface area contributed by atoms with Crippen LogP contribution in [0.1, 0.15) is 10.5 Å². The Bertz CT molecular complexity index is 249. The van der Waals surface area contributed by atoms with E-state index in [1.807, 2.05) is 0 Å². The Labute approximate surface area is 84.1 Å². The van der Waals surface area contributed by atoms with Crippen molar-refractivity contribution in [1.29, 1.82) is 0 Å². The summed E-state index contributed by atoms with van der Waals surface area (Å²) >= 11 is 3.14. The van der Waals surface area contributed by atoms with Crippen molar-refractivity contribution in [2.45, 2.75) is 0 Å². The van der Waals surface area contributed by atoms with Gasteiger partial charge in [-0.05, 0) is 28.1 Å². The number of hydrogen-bond acceptors (Lipinski definition) is 2. The van der Waals surface area contributed by atoms with E-state index < -0.39 is 5.97 Å². The molecule has 0 aliphatic heterocycles. The molecule has 0 atom stereocenters. The summed E-state index contributed by atoms with van der Waals surface area (Å²) in [5, 5.41) is 8.40. The Hall–Kier alpha value is -0.303. The zero-order valence-electron chi connectivity index (χ0n) is 4.91. The summed E-state index contributed by atoms with van der Waals surface area (Å²) < 4.78 is 0.775. The van der Waals surface area contributed by atoms with Gasteiger partial charge in [-0.1, -0.05) is 0 Å². The SMILES string of the molecule is O=C(O)c1ccc(Br)cn1.[LiH]. The molecule has 1 heterocycles. The van der Waals surface area contributed by atoms with Gasteiger partial charge in [0.05, 0.1) is 0 Å². The molecular weight excluding hydrogens is 205 g/mol. The predicted octanol–water partition coefficient (Wildman–Crippen LogP) is 0.894. The zero-order valence-corrected chi connectivity index (χ0v) is 6.50. The van der Waals surface area contributed by atoms with Gasteiger partial charge in [-0.2, -0.15) is 0 Å². The van der Waals surface area contributed by atoms with Crippen LogP contribution in [0.2, 0.25) is 0 Å². The van der Waals surface area contributed by atoms with Crippen molar-refractivity contribution < 1.29 is 9.90 Å². The van der Waals surface area contributed by atoms with Crippen LogP contribution in [-0.2, 0) is 0 Å². The van der Waals surface area contributed by atoms with Gasteiger partial charge >= 0.3 is 24.8 Å². The van der Waals surface area contributed by atoms with Gasteiger partial charge in [0.15, 0.2) is 0 Å². The van der Waals surface area contributed by atoms with Crippen molar-refractivity contribution in [1.82, 2.24) is 4.98 Å². The molecule has 0 aliphatic carbocycles. The number of nitrogens with zero attached hydrogens (tertiary/aromatic N) is 1. The first-order chi connectivity index (χ1) is 4.70. The summed E-state index contributed by atoms with van der Waals surface area (Å²) in [5.41, 5.74) is 0.0585. The van der Waals surface area contributed by atoms with Crippen LogP contribution < -0.4 is 0 Å². The molecule has 1 N–H and O–H groups in total. The van der Waals surface area contributed by atoms with Crippen LogP contribution in [0, 0.1) is 0 Å². The van der Waals surface area contributed by atoms with Gasteiger partial charge in [-0.25, -0.2) is 9.78 Å². The van der Waals surface area contributed by atoms with Crippen LogP contribution in [0.4, 0.5) is 0 Å². The minimum absolute atomic E-state index is 0. The van der Waals surface area contributed by atoms with Crippen molar-refractivity contribution in [3.63, 3.8) is 0 Å². The normalized spacial score (nSPS) is 8.45. The number of aromatic carboxylic acids is 1. The average Bonchev–Trinajstić information content (AvgIpc) is 1.88.